The van der Waals surface area contributed by atoms with Crippen LogP contribution in [0.15, 0.2) is 30.3 Å². The molecule has 0 atom stereocenters. The molecule has 1 aromatic heterocycles. The molecule has 1 N–H and O–H groups in total. The number of esters is 1. The zero-order valence-electron chi connectivity index (χ0n) is 13.7. The maximum absolute atomic E-state index is 11.6. The summed E-state index contributed by atoms with van der Waals surface area (Å²) in [6.45, 7) is 2.31. The van der Waals surface area contributed by atoms with Crippen LogP contribution < -0.4 is 14.8 Å². The minimum absolute atomic E-state index is 0.390. The van der Waals surface area contributed by atoms with Gasteiger partial charge in [-0.1, -0.05) is 0 Å². The third-order valence-electron chi connectivity index (χ3n) is 3.45. The van der Waals surface area contributed by atoms with Crippen molar-refractivity contribution in [2.75, 3.05) is 26.6 Å². The lowest BCUT2D eigenvalue weighted by Crippen LogP contribution is -2.08. The summed E-state index contributed by atoms with van der Waals surface area (Å²) in [5, 5.41) is 3.21. The summed E-state index contributed by atoms with van der Waals surface area (Å²) in [6, 6.07) is 9.08. The first-order valence-electron chi connectivity index (χ1n) is 7.09. The molecule has 0 aliphatic heterocycles. The van der Waals surface area contributed by atoms with Crippen LogP contribution in [0.3, 0.4) is 0 Å². The lowest BCUT2D eigenvalue weighted by atomic mass is 10.2. The molecule has 6 heteroatoms. The van der Waals surface area contributed by atoms with Gasteiger partial charge >= 0.3 is 5.97 Å². The van der Waals surface area contributed by atoms with Crippen LogP contribution in [-0.4, -0.2) is 32.3 Å². The average Bonchev–Trinajstić information content (AvgIpc) is 2.59. The van der Waals surface area contributed by atoms with Crippen LogP contribution in [0.25, 0.3) is 0 Å². The van der Waals surface area contributed by atoms with E-state index in [1.165, 1.54) is 7.11 Å². The van der Waals surface area contributed by atoms with E-state index in [0.717, 1.165) is 17.1 Å². The van der Waals surface area contributed by atoms with Gasteiger partial charge < -0.3 is 19.5 Å². The van der Waals surface area contributed by atoms with Gasteiger partial charge in [-0.15, -0.1) is 0 Å². The zero-order valence-corrected chi connectivity index (χ0v) is 13.7. The number of benzene rings is 1. The van der Waals surface area contributed by atoms with E-state index >= 15 is 0 Å². The number of aryl methyl sites for hydroxylation is 1. The lowest BCUT2D eigenvalue weighted by Gasteiger charge is -2.12. The standard InChI is InChI=1S/C17H20N2O4/c1-11-14(17(20)23-4)7-8-16(19-11)18-10-12-5-6-13(21-2)9-15(12)22-3/h5-9H,10H2,1-4H3,(H,18,19). The number of carbonyl (C=O) groups excluding carboxylic acids is 1. The Hall–Kier alpha value is -2.76. The number of ether oxygens (including phenoxy) is 3. The van der Waals surface area contributed by atoms with Crippen molar-refractivity contribution in [3.8, 4) is 11.5 Å². The molecule has 0 bridgehead atoms. The smallest absolute Gasteiger partial charge is 0.339 e. The van der Waals surface area contributed by atoms with Gasteiger partial charge in [0.25, 0.3) is 0 Å². The number of methoxy groups -OCH3 is 3. The summed E-state index contributed by atoms with van der Waals surface area (Å²) >= 11 is 0. The maximum Gasteiger partial charge on any atom is 0.339 e. The molecule has 1 aromatic carbocycles. The van der Waals surface area contributed by atoms with E-state index in [9.17, 15) is 4.79 Å². The topological polar surface area (TPSA) is 69.7 Å². The molecule has 0 spiro atoms. The molecule has 0 fully saturated rings. The van der Waals surface area contributed by atoms with E-state index in [-0.39, 0.29) is 0 Å². The van der Waals surface area contributed by atoms with E-state index in [2.05, 4.69) is 10.3 Å². The monoisotopic (exact) mass is 316 g/mol. The fraction of sp³-hybridized carbons (Fsp3) is 0.294. The third-order valence-corrected chi connectivity index (χ3v) is 3.45. The molecule has 6 nitrogen and oxygen atoms in total. The average molecular weight is 316 g/mol. The summed E-state index contributed by atoms with van der Waals surface area (Å²) in [6.07, 6.45) is 0. The summed E-state index contributed by atoms with van der Waals surface area (Å²) in [7, 11) is 4.58. The van der Waals surface area contributed by atoms with Crippen molar-refractivity contribution in [1.29, 1.82) is 0 Å². The van der Waals surface area contributed by atoms with Crippen LogP contribution in [0, 0.1) is 6.92 Å². The summed E-state index contributed by atoms with van der Waals surface area (Å²) in [5.74, 6) is 1.76. The second-order valence-electron chi connectivity index (χ2n) is 4.85. The van der Waals surface area contributed by atoms with Crippen LogP contribution in [0.2, 0.25) is 0 Å². The summed E-state index contributed by atoms with van der Waals surface area (Å²) in [5.41, 5.74) is 2.05. The second-order valence-corrected chi connectivity index (χ2v) is 4.85. The molecule has 1 heterocycles. The Bertz CT molecular complexity index is 701. The Morgan fingerprint density at radius 2 is 1.91 bits per heavy atom. The molecular weight excluding hydrogens is 296 g/mol. The first-order valence-corrected chi connectivity index (χ1v) is 7.09. The Morgan fingerprint density at radius 3 is 2.52 bits per heavy atom. The first-order chi connectivity index (χ1) is 11.1. The number of nitrogens with one attached hydrogen (secondary N) is 1. The highest BCUT2D eigenvalue weighted by Crippen LogP contribution is 2.25. The number of hydrogen-bond donors (Lipinski definition) is 1. The normalized spacial score (nSPS) is 10.1. The van der Waals surface area contributed by atoms with Crippen molar-refractivity contribution in [3.05, 3.63) is 47.2 Å². The van der Waals surface area contributed by atoms with Crippen molar-refractivity contribution in [2.45, 2.75) is 13.5 Å². The van der Waals surface area contributed by atoms with Crippen molar-refractivity contribution >= 4 is 11.8 Å². The molecule has 0 saturated heterocycles. The van der Waals surface area contributed by atoms with E-state index in [4.69, 9.17) is 14.2 Å². The number of aromatic nitrogens is 1. The van der Waals surface area contributed by atoms with E-state index in [1.54, 1.807) is 33.3 Å². The molecule has 0 aliphatic rings. The van der Waals surface area contributed by atoms with Crippen LogP contribution in [0.5, 0.6) is 11.5 Å². The molecular formula is C17H20N2O4. The number of rotatable bonds is 6. The highest BCUT2D eigenvalue weighted by molar-refractivity contribution is 5.90. The fourth-order valence-corrected chi connectivity index (χ4v) is 2.17. The van der Waals surface area contributed by atoms with Gasteiger partial charge in [0.05, 0.1) is 32.6 Å². The first kappa shape index (κ1) is 16.6. The van der Waals surface area contributed by atoms with Crippen LogP contribution in [0.4, 0.5) is 5.82 Å². The van der Waals surface area contributed by atoms with Crippen molar-refractivity contribution < 1.29 is 19.0 Å². The number of nitrogens with zero attached hydrogens (tertiary/aromatic N) is 1. The minimum atomic E-state index is -0.390. The van der Waals surface area contributed by atoms with E-state index in [0.29, 0.717) is 23.6 Å². The van der Waals surface area contributed by atoms with Gasteiger partial charge in [-0.25, -0.2) is 9.78 Å². The third kappa shape index (κ3) is 3.91. The van der Waals surface area contributed by atoms with Gasteiger partial charge in [-0.05, 0) is 31.2 Å². The SMILES string of the molecule is COC(=O)c1ccc(NCc2ccc(OC)cc2OC)nc1C. The van der Waals surface area contributed by atoms with E-state index < -0.39 is 5.97 Å². The van der Waals surface area contributed by atoms with Gasteiger partial charge in [0, 0.05) is 18.2 Å². The minimum Gasteiger partial charge on any atom is -0.497 e. The Balaban J connectivity index is 2.12. The Morgan fingerprint density at radius 1 is 1.13 bits per heavy atom. The fourth-order valence-electron chi connectivity index (χ4n) is 2.17. The molecule has 0 radical (unpaired) electrons. The highest BCUT2D eigenvalue weighted by Gasteiger charge is 2.11. The highest BCUT2D eigenvalue weighted by atomic mass is 16.5. The maximum atomic E-state index is 11.6. The number of pyridine rings is 1. The van der Waals surface area contributed by atoms with Gasteiger partial charge in [-0.2, -0.15) is 0 Å². The molecule has 0 amide bonds. The Labute approximate surface area is 135 Å². The Kier molecular flexibility index (Phi) is 5.41. The number of carbonyl (C=O) groups is 1. The second kappa shape index (κ2) is 7.49. The molecule has 23 heavy (non-hydrogen) atoms. The molecule has 2 aromatic rings. The molecule has 2 rings (SSSR count). The molecule has 0 unspecified atom stereocenters. The van der Waals surface area contributed by atoms with Crippen molar-refractivity contribution in [1.82, 2.24) is 4.98 Å². The van der Waals surface area contributed by atoms with Crippen LogP contribution in [0.1, 0.15) is 21.6 Å². The van der Waals surface area contributed by atoms with Crippen molar-refractivity contribution in [3.63, 3.8) is 0 Å². The molecule has 0 aliphatic carbocycles. The van der Waals surface area contributed by atoms with Gasteiger partial charge in [0.15, 0.2) is 0 Å². The summed E-state index contributed by atoms with van der Waals surface area (Å²) < 4.78 is 15.3. The molecule has 0 saturated carbocycles. The number of hydrogen-bond acceptors (Lipinski definition) is 6. The van der Waals surface area contributed by atoms with Gasteiger partial charge in [0.2, 0.25) is 0 Å². The van der Waals surface area contributed by atoms with Gasteiger partial charge in [-0.3, -0.25) is 0 Å². The zero-order chi connectivity index (χ0) is 16.8. The summed E-state index contributed by atoms with van der Waals surface area (Å²) in [4.78, 5) is 15.9. The van der Waals surface area contributed by atoms with E-state index in [1.807, 2.05) is 18.2 Å². The van der Waals surface area contributed by atoms with Crippen LogP contribution in [-0.2, 0) is 11.3 Å². The van der Waals surface area contributed by atoms with Crippen LogP contribution >= 0.6 is 0 Å². The predicted molar refractivity (Wildman–Crippen MR) is 87.2 cm³/mol. The lowest BCUT2D eigenvalue weighted by molar-refractivity contribution is 0.0599. The van der Waals surface area contributed by atoms with Crippen molar-refractivity contribution in [2.24, 2.45) is 0 Å². The predicted octanol–water partition coefficient (Wildman–Crippen LogP) is 2.81. The quantitative estimate of drug-likeness (QED) is 0.826. The van der Waals surface area contributed by atoms with Gasteiger partial charge in [0.1, 0.15) is 17.3 Å². The largest absolute Gasteiger partial charge is 0.497 e. The molecule has 122 valence electrons. The number of anilines is 1.